The predicted molar refractivity (Wildman–Crippen MR) is 107 cm³/mol. The van der Waals surface area contributed by atoms with Crippen LogP contribution in [0.5, 0.6) is 0 Å². The Bertz CT molecular complexity index is 898. The highest BCUT2D eigenvalue weighted by atomic mass is 32.2. The highest BCUT2D eigenvalue weighted by Gasteiger charge is 2.42. The summed E-state index contributed by atoms with van der Waals surface area (Å²) >= 11 is 0. The van der Waals surface area contributed by atoms with Crippen molar-refractivity contribution in [1.82, 2.24) is 4.31 Å². The molecule has 0 heterocycles. The zero-order valence-corrected chi connectivity index (χ0v) is 17.1. The zero-order chi connectivity index (χ0) is 20.9. The SMILES string of the molecule is CCC(O)(Cc1ccccc1)N(CC(C)C)S(=O)(=O)c1ccc([N+](=O)[O-])cc1. The molecule has 152 valence electrons. The molecule has 1 atom stereocenters. The Kier molecular flexibility index (Phi) is 6.92. The first-order chi connectivity index (χ1) is 13.1. The lowest BCUT2D eigenvalue weighted by atomic mass is 9.99. The molecule has 0 radical (unpaired) electrons. The van der Waals surface area contributed by atoms with Crippen LogP contribution in [0, 0.1) is 16.0 Å². The number of aliphatic hydroxyl groups is 1. The van der Waals surface area contributed by atoms with Crippen LogP contribution in [-0.4, -0.2) is 35.0 Å². The minimum Gasteiger partial charge on any atom is -0.374 e. The Morgan fingerprint density at radius 1 is 1.11 bits per heavy atom. The number of sulfonamides is 1. The molecule has 0 bridgehead atoms. The first kappa shape index (κ1) is 22.0. The second kappa shape index (κ2) is 8.81. The van der Waals surface area contributed by atoms with E-state index in [1.54, 1.807) is 6.92 Å². The average Bonchev–Trinajstić information content (AvgIpc) is 2.66. The summed E-state index contributed by atoms with van der Waals surface area (Å²) in [7, 11) is -4.07. The van der Waals surface area contributed by atoms with E-state index in [1.165, 1.54) is 12.1 Å². The van der Waals surface area contributed by atoms with Gasteiger partial charge in [0.2, 0.25) is 10.0 Å². The number of nitrogens with zero attached hydrogens (tertiary/aromatic N) is 2. The lowest BCUT2D eigenvalue weighted by Gasteiger charge is -2.39. The Morgan fingerprint density at radius 2 is 1.68 bits per heavy atom. The minimum absolute atomic E-state index is 0.0262. The van der Waals surface area contributed by atoms with Crippen LogP contribution in [-0.2, 0) is 16.4 Å². The average molecular weight is 407 g/mol. The van der Waals surface area contributed by atoms with Crippen molar-refractivity contribution in [3.05, 3.63) is 70.3 Å². The van der Waals surface area contributed by atoms with E-state index in [0.29, 0.717) is 0 Å². The number of nitro benzene ring substituents is 1. The van der Waals surface area contributed by atoms with Gasteiger partial charge in [0.15, 0.2) is 0 Å². The van der Waals surface area contributed by atoms with Gasteiger partial charge in [-0.2, -0.15) is 4.31 Å². The molecule has 0 amide bonds. The molecular weight excluding hydrogens is 380 g/mol. The number of non-ortho nitro benzene ring substituents is 1. The third kappa shape index (κ3) is 4.95. The van der Waals surface area contributed by atoms with E-state index in [0.717, 1.165) is 22.0 Å². The largest absolute Gasteiger partial charge is 0.374 e. The van der Waals surface area contributed by atoms with Crippen molar-refractivity contribution in [2.24, 2.45) is 5.92 Å². The summed E-state index contributed by atoms with van der Waals surface area (Å²) in [6.07, 6.45) is 0.337. The third-order valence-electron chi connectivity index (χ3n) is 4.53. The highest BCUT2D eigenvalue weighted by Crippen LogP contribution is 2.30. The normalized spacial score (nSPS) is 14.2. The Hall–Kier alpha value is -2.29. The van der Waals surface area contributed by atoms with Gasteiger partial charge < -0.3 is 5.11 Å². The van der Waals surface area contributed by atoms with Crippen LogP contribution < -0.4 is 0 Å². The summed E-state index contributed by atoms with van der Waals surface area (Å²) in [4.78, 5) is 10.2. The van der Waals surface area contributed by atoms with E-state index in [-0.39, 0.29) is 35.9 Å². The molecule has 0 fully saturated rings. The lowest BCUT2D eigenvalue weighted by molar-refractivity contribution is -0.384. The van der Waals surface area contributed by atoms with Crippen molar-refractivity contribution in [2.45, 2.75) is 44.2 Å². The van der Waals surface area contributed by atoms with Crippen molar-refractivity contribution < 1.29 is 18.4 Å². The molecule has 1 unspecified atom stereocenters. The van der Waals surface area contributed by atoms with Crippen LogP contribution in [0.4, 0.5) is 5.69 Å². The molecule has 2 rings (SSSR count). The quantitative estimate of drug-likeness (QED) is 0.390. The molecule has 2 aromatic rings. The Morgan fingerprint density at radius 3 is 2.14 bits per heavy atom. The van der Waals surface area contributed by atoms with Gasteiger partial charge >= 0.3 is 0 Å². The number of benzene rings is 2. The smallest absolute Gasteiger partial charge is 0.269 e. The van der Waals surface area contributed by atoms with Crippen LogP contribution in [0.2, 0.25) is 0 Å². The van der Waals surface area contributed by atoms with Gasteiger partial charge in [-0.15, -0.1) is 0 Å². The number of hydrogen-bond acceptors (Lipinski definition) is 5. The van der Waals surface area contributed by atoms with Gasteiger partial charge in [0, 0.05) is 25.1 Å². The number of nitro groups is 1. The standard InChI is InChI=1S/C20H26N2O5S/c1-4-20(23,14-17-8-6-5-7-9-17)21(15-16(2)3)28(26,27)19-12-10-18(11-13-19)22(24)25/h5-13,16,23H,4,14-15H2,1-3H3. The summed E-state index contributed by atoms with van der Waals surface area (Å²) in [5.41, 5.74) is -0.990. The number of rotatable bonds is 9. The molecule has 28 heavy (non-hydrogen) atoms. The van der Waals surface area contributed by atoms with Gasteiger partial charge in [0.05, 0.1) is 9.82 Å². The predicted octanol–water partition coefficient (Wildman–Crippen LogP) is 3.58. The molecule has 0 aliphatic carbocycles. The van der Waals surface area contributed by atoms with Crippen molar-refractivity contribution in [1.29, 1.82) is 0 Å². The van der Waals surface area contributed by atoms with Gasteiger partial charge in [-0.25, -0.2) is 8.42 Å². The fourth-order valence-corrected chi connectivity index (χ4v) is 4.87. The van der Waals surface area contributed by atoms with Crippen molar-refractivity contribution in [3.8, 4) is 0 Å². The second-order valence-electron chi connectivity index (χ2n) is 7.18. The van der Waals surface area contributed by atoms with Crippen LogP contribution in [0.15, 0.2) is 59.5 Å². The van der Waals surface area contributed by atoms with Gasteiger partial charge in [-0.05, 0) is 30.0 Å². The summed E-state index contributed by atoms with van der Waals surface area (Å²) in [6.45, 7) is 5.60. The number of hydrogen-bond donors (Lipinski definition) is 1. The van der Waals surface area contributed by atoms with E-state index >= 15 is 0 Å². The summed E-state index contributed by atoms with van der Waals surface area (Å²) < 4.78 is 27.8. The van der Waals surface area contributed by atoms with Crippen LogP contribution in [0.25, 0.3) is 0 Å². The molecule has 0 aromatic heterocycles. The molecular formula is C20H26N2O5S. The molecule has 0 aliphatic heterocycles. The Balaban J connectivity index is 2.48. The molecule has 0 saturated carbocycles. The second-order valence-corrected chi connectivity index (χ2v) is 9.04. The maximum Gasteiger partial charge on any atom is 0.269 e. The first-order valence-corrected chi connectivity index (χ1v) is 10.6. The van der Waals surface area contributed by atoms with Crippen LogP contribution in [0.1, 0.15) is 32.8 Å². The van der Waals surface area contributed by atoms with E-state index in [4.69, 9.17) is 0 Å². The summed E-state index contributed by atoms with van der Waals surface area (Å²) in [5, 5.41) is 22.2. The monoisotopic (exact) mass is 406 g/mol. The fraction of sp³-hybridized carbons (Fsp3) is 0.400. The molecule has 1 N–H and O–H groups in total. The van der Waals surface area contributed by atoms with Gasteiger partial charge in [0.1, 0.15) is 5.72 Å². The van der Waals surface area contributed by atoms with E-state index in [1.807, 2.05) is 44.2 Å². The molecule has 0 aliphatic rings. The lowest BCUT2D eigenvalue weighted by Crippen LogP contribution is -2.54. The van der Waals surface area contributed by atoms with Gasteiger partial charge in [0.25, 0.3) is 5.69 Å². The topological polar surface area (TPSA) is 101 Å². The van der Waals surface area contributed by atoms with Gasteiger partial charge in [-0.1, -0.05) is 51.1 Å². The first-order valence-electron chi connectivity index (χ1n) is 9.13. The van der Waals surface area contributed by atoms with Crippen LogP contribution in [0.3, 0.4) is 0 Å². The summed E-state index contributed by atoms with van der Waals surface area (Å²) in [6, 6.07) is 13.9. The van der Waals surface area contributed by atoms with E-state index in [2.05, 4.69) is 0 Å². The molecule has 8 heteroatoms. The zero-order valence-electron chi connectivity index (χ0n) is 16.3. The maximum atomic E-state index is 13.3. The summed E-state index contributed by atoms with van der Waals surface area (Å²) in [5.74, 6) is -0.0262. The molecule has 0 saturated heterocycles. The van der Waals surface area contributed by atoms with Crippen LogP contribution >= 0.6 is 0 Å². The molecule has 2 aromatic carbocycles. The molecule has 0 spiro atoms. The van der Waals surface area contributed by atoms with Gasteiger partial charge in [-0.3, -0.25) is 10.1 Å². The highest BCUT2D eigenvalue weighted by molar-refractivity contribution is 7.89. The van der Waals surface area contributed by atoms with E-state index < -0.39 is 20.7 Å². The van der Waals surface area contributed by atoms with Crippen molar-refractivity contribution in [3.63, 3.8) is 0 Å². The van der Waals surface area contributed by atoms with Crippen molar-refractivity contribution >= 4 is 15.7 Å². The minimum atomic E-state index is -4.07. The third-order valence-corrected chi connectivity index (χ3v) is 6.46. The van der Waals surface area contributed by atoms with E-state index in [9.17, 15) is 23.6 Å². The van der Waals surface area contributed by atoms with Crippen molar-refractivity contribution in [2.75, 3.05) is 6.54 Å². The fourth-order valence-electron chi connectivity index (χ4n) is 3.00. The Labute approximate surface area is 165 Å². The maximum absolute atomic E-state index is 13.3. The molecule has 7 nitrogen and oxygen atoms in total.